The lowest BCUT2D eigenvalue weighted by atomic mass is 9.83. The van der Waals surface area contributed by atoms with Crippen LogP contribution in [0.5, 0.6) is 0 Å². The Morgan fingerprint density at radius 2 is 1.32 bits per heavy atom. The fourth-order valence-electron chi connectivity index (χ4n) is 6.72. The molecule has 0 unspecified atom stereocenters. The molecule has 2 aromatic rings. The molecule has 21 heteroatoms. The van der Waals surface area contributed by atoms with E-state index < -0.39 is 117 Å². The zero-order valence-electron chi connectivity index (χ0n) is 30.3. The number of ether oxygens (including phenoxy) is 6. The third kappa shape index (κ3) is 11.7. The van der Waals surface area contributed by atoms with Gasteiger partial charge in [-0.3, -0.25) is 4.79 Å². The van der Waals surface area contributed by atoms with Gasteiger partial charge in [-0.1, -0.05) is 60.7 Å². The van der Waals surface area contributed by atoms with Crippen molar-refractivity contribution in [2.24, 2.45) is 5.73 Å². The van der Waals surface area contributed by atoms with E-state index in [1.165, 1.54) is 5.32 Å². The molecule has 0 bridgehead atoms. The second kappa shape index (κ2) is 20.0. The number of nitrogens with two attached hydrogens (primary N) is 1. The van der Waals surface area contributed by atoms with Crippen LogP contribution in [-0.2, 0) is 46.4 Å². The van der Waals surface area contributed by atoms with E-state index in [1.54, 1.807) is 60.7 Å². The molecule has 316 valence electrons. The normalized spacial score (nSPS) is 33.1. The van der Waals surface area contributed by atoms with Crippen LogP contribution in [0.1, 0.15) is 30.4 Å². The number of aliphatic hydroxyl groups is 4. The molecule has 1 aliphatic carbocycles. The summed E-state index contributed by atoms with van der Waals surface area (Å²) in [5, 5.41) is 49.7. The van der Waals surface area contributed by atoms with Crippen molar-refractivity contribution in [2.45, 2.75) is 118 Å². The molecule has 9 N–H and O–H groups in total. The Labute approximate surface area is 323 Å². The molecule has 2 aromatic carbocycles. The summed E-state index contributed by atoms with van der Waals surface area (Å²) < 4.78 is 87.2. The summed E-state index contributed by atoms with van der Waals surface area (Å²) in [5.41, 5.74) is 7.75. The maximum atomic E-state index is 13.9. The largest absolute Gasteiger partial charge is 0.471 e. The van der Waals surface area contributed by atoms with Crippen LogP contribution < -0.4 is 21.7 Å². The third-order valence-corrected chi connectivity index (χ3v) is 9.70. The topological polar surface area (TPSA) is 250 Å². The van der Waals surface area contributed by atoms with Crippen LogP contribution in [0.2, 0.25) is 0 Å². The number of aliphatic hydroxyl groups excluding tert-OH is 4. The summed E-state index contributed by atoms with van der Waals surface area (Å²) in [7, 11) is 0. The number of carbonyl (C=O) groups excluding carboxylic acids is 3. The maximum Gasteiger partial charge on any atom is 0.471 e. The van der Waals surface area contributed by atoms with Gasteiger partial charge in [0.15, 0.2) is 12.6 Å². The molecule has 2 aliphatic heterocycles. The molecule has 17 nitrogen and oxygen atoms in total. The number of benzene rings is 2. The minimum atomic E-state index is -5.41. The molecule has 2 heterocycles. The van der Waals surface area contributed by atoms with E-state index >= 15 is 0 Å². The van der Waals surface area contributed by atoms with Crippen molar-refractivity contribution < 1.29 is 80.8 Å². The van der Waals surface area contributed by atoms with Gasteiger partial charge in [0, 0.05) is 6.04 Å². The Hall–Kier alpha value is -4.19. The van der Waals surface area contributed by atoms with E-state index in [0.717, 1.165) is 0 Å². The van der Waals surface area contributed by atoms with Crippen LogP contribution in [-0.4, -0.2) is 137 Å². The van der Waals surface area contributed by atoms with Crippen LogP contribution in [0.3, 0.4) is 0 Å². The smallest absolute Gasteiger partial charge is 0.445 e. The number of alkyl halides is 4. The first-order chi connectivity index (χ1) is 27.2. The Balaban J connectivity index is 1.36. The molecule has 57 heavy (non-hydrogen) atoms. The van der Waals surface area contributed by atoms with Gasteiger partial charge in [0.05, 0.1) is 30.8 Å². The Morgan fingerprint density at radius 3 is 1.86 bits per heavy atom. The van der Waals surface area contributed by atoms with Gasteiger partial charge in [-0.05, 0) is 30.4 Å². The number of rotatable bonds is 13. The minimum Gasteiger partial charge on any atom is -0.445 e. The predicted octanol–water partition coefficient (Wildman–Crippen LogP) is 0.399. The van der Waals surface area contributed by atoms with Gasteiger partial charge in [0.25, 0.3) is 0 Å². The number of hydrogen-bond acceptors (Lipinski definition) is 14. The molecule has 2 saturated heterocycles. The van der Waals surface area contributed by atoms with Crippen molar-refractivity contribution in [3.63, 3.8) is 0 Å². The molecule has 0 aromatic heterocycles. The van der Waals surface area contributed by atoms with E-state index in [1.807, 2.05) is 0 Å². The highest BCUT2D eigenvalue weighted by Gasteiger charge is 2.53. The number of halogens is 4. The molecular weight excluding hydrogens is 772 g/mol. The summed E-state index contributed by atoms with van der Waals surface area (Å²) >= 11 is 0. The molecular formula is C36H46F4N4O13. The fourth-order valence-corrected chi connectivity index (χ4v) is 6.72. The average Bonchev–Trinajstić information content (AvgIpc) is 3.19. The molecule has 1 saturated carbocycles. The van der Waals surface area contributed by atoms with E-state index in [2.05, 4.69) is 10.6 Å². The highest BCUT2D eigenvalue weighted by atomic mass is 19.4. The quantitative estimate of drug-likeness (QED) is 0.128. The van der Waals surface area contributed by atoms with Crippen LogP contribution in [0.4, 0.5) is 27.2 Å². The maximum absolute atomic E-state index is 13.9. The van der Waals surface area contributed by atoms with E-state index in [9.17, 15) is 52.4 Å². The van der Waals surface area contributed by atoms with E-state index in [-0.39, 0.29) is 32.5 Å². The number of hydrogen-bond donors (Lipinski definition) is 8. The Morgan fingerprint density at radius 1 is 0.754 bits per heavy atom. The Kier molecular flexibility index (Phi) is 15.4. The van der Waals surface area contributed by atoms with Crippen molar-refractivity contribution >= 4 is 18.1 Å². The van der Waals surface area contributed by atoms with Gasteiger partial charge in [0.2, 0.25) is 0 Å². The van der Waals surface area contributed by atoms with E-state index in [0.29, 0.717) is 11.1 Å². The lowest BCUT2D eigenvalue weighted by Gasteiger charge is -2.48. The van der Waals surface area contributed by atoms with Crippen LogP contribution in [0.15, 0.2) is 60.7 Å². The fraction of sp³-hybridized carbons (Fsp3) is 0.583. The molecule has 3 fully saturated rings. The molecule has 13 atom stereocenters. The second-order valence-corrected chi connectivity index (χ2v) is 13.8. The zero-order chi connectivity index (χ0) is 41.3. The molecule has 5 rings (SSSR count). The second-order valence-electron chi connectivity index (χ2n) is 13.8. The summed E-state index contributed by atoms with van der Waals surface area (Å²) in [6, 6.07) is 11.9. The van der Waals surface area contributed by atoms with Gasteiger partial charge < -0.3 is 70.5 Å². The predicted molar refractivity (Wildman–Crippen MR) is 185 cm³/mol. The zero-order valence-corrected chi connectivity index (χ0v) is 30.3. The van der Waals surface area contributed by atoms with Gasteiger partial charge in [-0.25, -0.2) is 14.0 Å². The standard InChI is InChI=1S/C36H46F4N4O13/c37-14-20-11-12-22(42-34(50)52-16-18-7-3-1-4-8-18)31(54-20)57-30-23(43-35(51)53-17-19-9-5-2-6-10-19)13-21(41)29(28(30)48)56-32-27(47)25(26(46)24(15-45)55-32)44-33(49)36(38,39)40/h1-10,20-32,45-48H,11-17,41H2,(H,42,50)(H,43,51)(H,44,49)/t20-,21+,22+,23-,24+,25-,26+,27+,28+,29-,30+,31+,32+/m0/s1. The average molecular weight is 819 g/mol. The van der Waals surface area contributed by atoms with Gasteiger partial charge in [-0.2, -0.15) is 13.2 Å². The van der Waals surface area contributed by atoms with Crippen molar-refractivity contribution in [1.29, 1.82) is 0 Å². The van der Waals surface area contributed by atoms with Gasteiger partial charge in [-0.15, -0.1) is 0 Å². The molecule has 0 spiro atoms. The summed E-state index contributed by atoms with van der Waals surface area (Å²) in [4.78, 5) is 37.7. The lowest BCUT2D eigenvalue weighted by Crippen LogP contribution is -2.69. The van der Waals surface area contributed by atoms with Crippen LogP contribution in [0.25, 0.3) is 0 Å². The Bertz CT molecular complexity index is 1600. The van der Waals surface area contributed by atoms with E-state index in [4.69, 9.17) is 34.2 Å². The third-order valence-electron chi connectivity index (χ3n) is 9.70. The van der Waals surface area contributed by atoms with Crippen molar-refractivity contribution in [3.8, 4) is 0 Å². The van der Waals surface area contributed by atoms with Crippen LogP contribution >= 0.6 is 0 Å². The molecule has 0 radical (unpaired) electrons. The van der Waals surface area contributed by atoms with Crippen molar-refractivity contribution in [2.75, 3.05) is 13.3 Å². The van der Waals surface area contributed by atoms with Gasteiger partial charge >= 0.3 is 24.3 Å². The first kappa shape index (κ1) is 43.9. The summed E-state index contributed by atoms with van der Waals surface area (Å²) in [6.45, 7) is -2.17. The number of alkyl carbamates (subject to hydrolysis) is 2. The highest BCUT2D eigenvalue weighted by Crippen LogP contribution is 2.33. The molecule has 3 aliphatic rings. The highest BCUT2D eigenvalue weighted by molar-refractivity contribution is 5.82. The SMILES string of the molecule is N[C@@H]1C[C@H](NC(=O)OCc2ccccc2)[C@@H](O[C@H]2O[C@H](CF)CC[C@H]2NC(=O)OCc2ccccc2)[C@H](O)[C@H]1O[C@H]1O[C@H](CO)[C@@H](O)[C@H](NC(=O)C(F)(F)F)[C@H]1O. The van der Waals surface area contributed by atoms with Crippen molar-refractivity contribution in [3.05, 3.63) is 71.8 Å². The number of carbonyl (C=O) groups is 3. The number of nitrogens with one attached hydrogen (secondary N) is 3. The minimum absolute atomic E-state index is 0.0851. The monoisotopic (exact) mass is 818 g/mol. The summed E-state index contributed by atoms with van der Waals surface area (Å²) in [6.07, 6.45) is -22.7. The molecule has 3 amide bonds. The summed E-state index contributed by atoms with van der Waals surface area (Å²) in [5.74, 6) is -2.51. The van der Waals surface area contributed by atoms with Crippen LogP contribution in [0, 0.1) is 0 Å². The van der Waals surface area contributed by atoms with Crippen molar-refractivity contribution in [1.82, 2.24) is 16.0 Å². The van der Waals surface area contributed by atoms with Gasteiger partial charge in [0.1, 0.15) is 56.5 Å². The first-order valence-corrected chi connectivity index (χ1v) is 18.1. The first-order valence-electron chi connectivity index (χ1n) is 18.1. The number of amides is 3. The lowest BCUT2D eigenvalue weighted by molar-refractivity contribution is -0.316.